The lowest BCUT2D eigenvalue weighted by atomic mass is 10.2. The fourth-order valence-corrected chi connectivity index (χ4v) is 2.56. The van der Waals surface area contributed by atoms with Gasteiger partial charge in [0.25, 0.3) is 0 Å². The maximum atomic E-state index is 5.72. The molecule has 0 aliphatic carbocycles. The van der Waals surface area contributed by atoms with Crippen molar-refractivity contribution < 1.29 is 0 Å². The van der Waals surface area contributed by atoms with Crippen LogP contribution in [-0.2, 0) is 0 Å². The Kier molecular flexibility index (Phi) is 7.18. The lowest BCUT2D eigenvalue weighted by molar-refractivity contribution is 1.25. The lowest BCUT2D eigenvalue weighted by Gasteiger charge is -1.99. The van der Waals surface area contributed by atoms with Gasteiger partial charge >= 0.3 is 0 Å². The molecule has 0 atom stereocenters. The van der Waals surface area contributed by atoms with Crippen LogP contribution in [-0.4, -0.2) is 19.9 Å². The Morgan fingerprint density at radius 3 is 0.714 bits per heavy atom. The maximum absolute atomic E-state index is 5.72. The molecule has 0 aliphatic heterocycles. The third kappa shape index (κ3) is 5.88. The van der Waals surface area contributed by atoms with E-state index >= 15 is 0 Å². The Morgan fingerprint density at radius 2 is 0.571 bits per heavy atom. The molecule has 0 amide bonds. The first-order valence-corrected chi connectivity index (χ1v) is 9.49. The molecule has 0 radical (unpaired) electrons. The number of hydrogen-bond acceptors (Lipinski definition) is 4. The van der Waals surface area contributed by atoms with Crippen molar-refractivity contribution in [1.29, 1.82) is 0 Å². The standard InChI is InChI=1S/2C10H6Cl2N2/c2*11-7-1-3-9(13-5-7)10-4-2-8(12)6-14-10/h2*1-6H. The normalized spacial score (nSPS) is 10.1. The van der Waals surface area contributed by atoms with Gasteiger partial charge in [-0.3, -0.25) is 19.9 Å². The summed E-state index contributed by atoms with van der Waals surface area (Å²) in [6.45, 7) is 0. The predicted octanol–water partition coefficient (Wildman–Crippen LogP) is 6.90. The van der Waals surface area contributed by atoms with Crippen molar-refractivity contribution in [3.63, 3.8) is 0 Å². The van der Waals surface area contributed by atoms with E-state index in [0.717, 1.165) is 22.8 Å². The minimum absolute atomic E-state index is 0.614. The first-order valence-electron chi connectivity index (χ1n) is 7.98. The van der Waals surface area contributed by atoms with E-state index in [1.54, 1.807) is 49.1 Å². The molecule has 0 fully saturated rings. The van der Waals surface area contributed by atoms with Crippen LogP contribution in [0, 0.1) is 0 Å². The molecule has 0 aliphatic rings. The van der Waals surface area contributed by atoms with Gasteiger partial charge in [0.1, 0.15) is 0 Å². The largest absolute Gasteiger partial charge is 0.253 e. The van der Waals surface area contributed by atoms with Gasteiger partial charge in [0.2, 0.25) is 0 Å². The van der Waals surface area contributed by atoms with Crippen LogP contribution in [0.25, 0.3) is 22.8 Å². The lowest BCUT2D eigenvalue weighted by Crippen LogP contribution is -1.85. The molecule has 4 heterocycles. The summed E-state index contributed by atoms with van der Waals surface area (Å²) in [7, 11) is 0. The third-order valence-electron chi connectivity index (χ3n) is 3.43. The molecule has 28 heavy (non-hydrogen) atoms. The number of nitrogens with zero attached hydrogens (tertiary/aromatic N) is 4. The number of halogens is 4. The molecule has 0 aromatic carbocycles. The highest BCUT2D eigenvalue weighted by molar-refractivity contribution is 6.31. The van der Waals surface area contributed by atoms with Crippen molar-refractivity contribution in [2.45, 2.75) is 0 Å². The van der Waals surface area contributed by atoms with Crippen LogP contribution in [0.1, 0.15) is 0 Å². The fourth-order valence-electron chi connectivity index (χ4n) is 2.11. The Labute approximate surface area is 182 Å². The van der Waals surface area contributed by atoms with Crippen LogP contribution in [0.3, 0.4) is 0 Å². The summed E-state index contributed by atoms with van der Waals surface area (Å²) in [5, 5.41) is 2.45. The van der Waals surface area contributed by atoms with Gasteiger partial charge in [-0.2, -0.15) is 0 Å². The van der Waals surface area contributed by atoms with Crippen LogP contribution < -0.4 is 0 Å². The van der Waals surface area contributed by atoms with Gasteiger partial charge in [-0.1, -0.05) is 46.4 Å². The molecule has 4 aromatic rings. The van der Waals surface area contributed by atoms with E-state index in [9.17, 15) is 0 Å². The molecule has 8 heteroatoms. The number of pyridine rings is 4. The Morgan fingerprint density at radius 1 is 0.357 bits per heavy atom. The van der Waals surface area contributed by atoms with Gasteiger partial charge in [0.15, 0.2) is 0 Å². The average Bonchev–Trinajstić information content (AvgIpc) is 2.71. The quantitative estimate of drug-likeness (QED) is 0.334. The van der Waals surface area contributed by atoms with E-state index in [1.807, 2.05) is 24.3 Å². The smallest absolute Gasteiger partial charge is 0.0887 e. The van der Waals surface area contributed by atoms with Gasteiger partial charge in [0, 0.05) is 24.8 Å². The fraction of sp³-hybridized carbons (Fsp3) is 0. The van der Waals surface area contributed by atoms with Crippen LogP contribution in [0.2, 0.25) is 20.1 Å². The summed E-state index contributed by atoms with van der Waals surface area (Å²) in [4.78, 5) is 16.6. The minimum atomic E-state index is 0.614. The topological polar surface area (TPSA) is 51.6 Å². The van der Waals surface area contributed by atoms with Gasteiger partial charge < -0.3 is 0 Å². The summed E-state index contributed by atoms with van der Waals surface area (Å²) < 4.78 is 0. The molecular formula is C20H12Cl4N4. The SMILES string of the molecule is Clc1ccc(-c2ccc(Cl)cn2)nc1.Clc1ccc(-c2ccc(Cl)cn2)nc1. The molecule has 140 valence electrons. The van der Waals surface area contributed by atoms with E-state index < -0.39 is 0 Å². The first kappa shape index (κ1) is 20.5. The zero-order valence-corrected chi connectivity index (χ0v) is 17.3. The summed E-state index contributed by atoms with van der Waals surface area (Å²) in [6, 6.07) is 14.4. The summed E-state index contributed by atoms with van der Waals surface area (Å²) >= 11 is 22.9. The molecule has 0 unspecified atom stereocenters. The molecule has 4 aromatic heterocycles. The van der Waals surface area contributed by atoms with Crippen molar-refractivity contribution >= 4 is 46.4 Å². The Balaban J connectivity index is 0.000000161. The van der Waals surface area contributed by atoms with Crippen LogP contribution in [0.15, 0.2) is 73.3 Å². The Hall–Kier alpha value is -2.24. The van der Waals surface area contributed by atoms with E-state index in [-0.39, 0.29) is 0 Å². The highest BCUT2D eigenvalue weighted by Crippen LogP contribution is 2.18. The van der Waals surface area contributed by atoms with E-state index in [4.69, 9.17) is 46.4 Å². The van der Waals surface area contributed by atoms with E-state index in [2.05, 4.69) is 19.9 Å². The first-order chi connectivity index (χ1) is 13.5. The van der Waals surface area contributed by atoms with E-state index in [0.29, 0.717) is 20.1 Å². The minimum Gasteiger partial charge on any atom is -0.253 e. The van der Waals surface area contributed by atoms with Crippen LogP contribution >= 0.6 is 46.4 Å². The van der Waals surface area contributed by atoms with Crippen LogP contribution in [0.4, 0.5) is 0 Å². The Bertz CT molecular complexity index is 846. The monoisotopic (exact) mass is 448 g/mol. The second kappa shape index (κ2) is 9.80. The number of hydrogen-bond donors (Lipinski definition) is 0. The summed E-state index contributed by atoms with van der Waals surface area (Å²) in [6.07, 6.45) is 6.36. The summed E-state index contributed by atoms with van der Waals surface area (Å²) in [5.41, 5.74) is 3.13. The molecule has 0 bridgehead atoms. The van der Waals surface area contributed by atoms with Crippen molar-refractivity contribution in [2.24, 2.45) is 0 Å². The maximum Gasteiger partial charge on any atom is 0.0887 e. The average molecular weight is 450 g/mol. The highest BCUT2D eigenvalue weighted by atomic mass is 35.5. The number of aromatic nitrogens is 4. The van der Waals surface area contributed by atoms with Gasteiger partial charge in [-0.05, 0) is 48.5 Å². The van der Waals surface area contributed by atoms with Gasteiger partial charge in [-0.15, -0.1) is 0 Å². The third-order valence-corrected chi connectivity index (χ3v) is 4.33. The predicted molar refractivity (Wildman–Crippen MR) is 115 cm³/mol. The molecule has 0 N–H and O–H groups in total. The summed E-state index contributed by atoms with van der Waals surface area (Å²) in [5.74, 6) is 0. The zero-order valence-electron chi connectivity index (χ0n) is 14.2. The molecule has 0 saturated heterocycles. The second-order valence-corrected chi connectivity index (χ2v) is 7.19. The van der Waals surface area contributed by atoms with Crippen LogP contribution in [0.5, 0.6) is 0 Å². The molecule has 0 spiro atoms. The van der Waals surface area contributed by atoms with Crippen molar-refractivity contribution in [3.05, 3.63) is 93.4 Å². The highest BCUT2D eigenvalue weighted by Gasteiger charge is 2.00. The molecular weight excluding hydrogens is 438 g/mol. The zero-order chi connectivity index (χ0) is 19.9. The van der Waals surface area contributed by atoms with Crippen molar-refractivity contribution in [3.8, 4) is 22.8 Å². The molecule has 4 rings (SSSR count). The van der Waals surface area contributed by atoms with Gasteiger partial charge in [-0.25, -0.2) is 0 Å². The second-order valence-electron chi connectivity index (χ2n) is 5.45. The number of rotatable bonds is 2. The molecule has 0 saturated carbocycles. The van der Waals surface area contributed by atoms with Gasteiger partial charge in [0.05, 0.1) is 42.9 Å². The van der Waals surface area contributed by atoms with Crippen molar-refractivity contribution in [2.75, 3.05) is 0 Å². The van der Waals surface area contributed by atoms with E-state index in [1.165, 1.54) is 0 Å². The molecule has 4 nitrogen and oxygen atoms in total. The van der Waals surface area contributed by atoms with Crippen molar-refractivity contribution in [1.82, 2.24) is 19.9 Å².